The Morgan fingerprint density at radius 2 is 1.47 bits per heavy atom. The average Bonchev–Trinajstić information content (AvgIpc) is 2.69. The van der Waals surface area contributed by atoms with Crippen LogP contribution in [-0.4, -0.2) is 28.0 Å². The van der Waals surface area contributed by atoms with E-state index in [-0.39, 0.29) is 18.2 Å². The molecule has 0 spiro atoms. The van der Waals surface area contributed by atoms with Gasteiger partial charge < -0.3 is 15.1 Å². The number of phosphoric acid groups is 1. The molecule has 0 rings (SSSR count). The molecule has 6 nitrogen and oxygen atoms in total. The van der Waals surface area contributed by atoms with Crippen LogP contribution in [0.2, 0.25) is 0 Å². The third-order valence-electron chi connectivity index (χ3n) is 3.77. The molecule has 0 aliphatic rings. The van der Waals surface area contributed by atoms with Crippen molar-refractivity contribution in [1.29, 1.82) is 0 Å². The van der Waals surface area contributed by atoms with Gasteiger partial charge in [0.1, 0.15) is 0 Å². The maximum Gasteiger partial charge on any atom is 0.480 e. The molecular weight excluding hydrogens is 421 g/mol. The molecule has 0 aromatic heterocycles. The highest BCUT2D eigenvalue weighted by molar-refractivity contribution is 7.97. The Labute approximate surface area is 185 Å². The Bertz CT molecular complexity index is 623. The first kappa shape index (κ1) is 28.6. The number of nitrogens with one attached hydrogen (secondary N) is 1. The van der Waals surface area contributed by atoms with Gasteiger partial charge in [-0.1, -0.05) is 100 Å². The summed E-state index contributed by atoms with van der Waals surface area (Å²) in [5.41, 5.74) is 0. The molecule has 0 aromatic rings. The molecule has 0 saturated heterocycles. The van der Waals surface area contributed by atoms with Crippen LogP contribution in [0, 0.1) is 0 Å². The lowest BCUT2D eigenvalue weighted by Gasteiger charge is -2.03. The monoisotopic (exact) mass is 457 g/mol. The Balaban J connectivity index is 3.67. The smallest absolute Gasteiger partial charge is 0.352 e. The molecule has 8 heteroatoms. The van der Waals surface area contributed by atoms with Crippen LogP contribution in [0.4, 0.5) is 0 Å². The predicted molar refractivity (Wildman–Crippen MR) is 127 cm³/mol. The van der Waals surface area contributed by atoms with Gasteiger partial charge in [-0.05, 0) is 12.8 Å². The van der Waals surface area contributed by atoms with Gasteiger partial charge in [0.05, 0.1) is 0 Å². The summed E-state index contributed by atoms with van der Waals surface area (Å²) in [6.45, 7) is 2.49. The number of allylic oxidation sites excluding steroid dienone is 9. The molecule has 3 N–H and O–H groups in total. The van der Waals surface area contributed by atoms with Crippen molar-refractivity contribution in [2.24, 2.45) is 0 Å². The molecule has 0 heterocycles. The van der Waals surface area contributed by atoms with Crippen LogP contribution in [-0.2, 0) is 13.3 Å². The second-order valence-corrected chi connectivity index (χ2v) is 8.75. The van der Waals surface area contributed by atoms with Crippen molar-refractivity contribution in [2.45, 2.75) is 58.3 Å². The minimum atomic E-state index is -4.47. The van der Waals surface area contributed by atoms with Crippen LogP contribution >= 0.6 is 19.9 Å². The third-order valence-corrected chi connectivity index (χ3v) is 5.34. The lowest BCUT2D eigenvalue weighted by atomic mass is 10.1. The minimum absolute atomic E-state index is 0.239. The fraction of sp³-hybridized carbons (Fsp3) is 0.500. The highest BCUT2D eigenvalue weighted by Crippen LogP contribution is 2.40. The van der Waals surface area contributed by atoms with E-state index in [1.54, 1.807) is 12.2 Å². The van der Waals surface area contributed by atoms with E-state index in [1.807, 2.05) is 30.4 Å². The Morgan fingerprint density at radius 1 is 0.900 bits per heavy atom. The van der Waals surface area contributed by atoms with Crippen LogP contribution in [0.3, 0.4) is 0 Å². The first-order chi connectivity index (χ1) is 14.5. The molecule has 0 bridgehead atoms. The number of unbranched alkanes of at least 4 members (excludes halogenated alkanes) is 7. The van der Waals surface area contributed by atoms with Crippen molar-refractivity contribution in [2.75, 3.05) is 12.3 Å². The summed E-state index contributed by atoms with van der Waals surface area (Å²) in [4.78, 5) is 28.5. The lowest BCUT2D eigenvalue weighted by molar-refractivity contribution is -0.116. The Kier molecular flexibility index (Phi) is 19.9. The van der Waals surface area contributed by atoms with Crippen molar-refractivity contribution in [3.8, 4) is 0 Å². The first-order valence-corrected chi connectivity index (χ1v) is 12.9. The number of rotatable bonds is 18. The molecule has 0 atom stereocenters. The van der Waals surface area contributed by atoms with E-state index in [4.69, 9.17) is 9.79 Å². The summed E-state index contributed by atoms with van der Waals surface area (Å²) in [6, 6.07) is 0. The van der Waals surface area contributed by atoms with E-state index < -0.39 is 7.82 Å². The van der Waals surface area contributed by atoms with E-state index in [9.17, 15) is 9.36 Å². The van der Waals surface area contributed by atoms with E-state index in [1.165, 1.54) is 51.0 Å². The van der Waals surface area contributed by atoms with Crippen molar-refractivity contribution >= 4 is 25.8 Å². The van der Waals surface area contributed by atoms with Crippen LogP contribution < -0.4 is 5.32 Å². The van der Waals surface area contributed by atoms with Crippen molar-refractivity contribution in [3.05, 3.63) is 60.8 Å². The molecule has 0 unspecified atom stereocenters. The molecule has 0 aliphatic heterocycles. The zero-order valence-electron chi connectivity index (χ0n) is 17.8. The fourth-order valence-electron chi connectivity index (χ4n) is 2.30. The zero-order chi connectivity index (χ0) is 22.3. The largest absolute Gasteiger partial charge is 0.480 e. The van der Waals surface area contributed by atoms with Gasteiger partial charge in [0.25, 0.3) is 0 Å². The molecule has 0 radical (unpaired) electrons. The predicted octanol–water partition coefficient (Wildman–Crippen LogP) is 5.78. The molecule has 1 amide bonds. The zero-order valence-corrected chi connectivity index (χ0v) is 19.5. The number of carbonyl (C=O) groups excluding carboxylic acids is 1. The van der Waals surface area contributed by atoms with E-state index in [0.717, 1.165) is 6.42 Å². The number of amides is 1. The summed E-state index contributed by atoms with van der Waals surface area (Å²) in [6.07, 6.45) is 29.0. The molecular formula is C22H36NO5PS. The quantitative estimate of drug-likeness (QED) is 0.0794. The number of hydrogen-bond donors (Lipinski definition) is 3. The summed E-state index contributed by atoms with van der Waals surface area (Å²) in [5.74, 6) is -0.0466. The van der Waals surface area contributed by atoms with Gasteiger partial charge in [-0.15, -0.1) is 0 Å². The molecule has 0 aliphatic carbocycles. The summed E-state index contributed by atoms with van der Waals surface area (Å²) >= 11 is 0.617. The molecule has 0 fully saturated rings. The molecule has 0 saturated carbocycles. The maximum absolute atomic E-state index is 11.5. The number of hydrogen-bond acceptors (Lipinski definition) is 4. The van der Waals surface area contributed by atoms with Crippen LogP contribution in [0.5, 0.6) is 0 Å². The molecule has 0 aromatic carbocycles. The van der Waals surface area contributed by atoms with Gasteiger partial charge in [0.15, 0.2) is 0 Å². The van der Waals surface area contributed by atoms with Crippen LogP contribution in [0.1, 0.15) is 58.3 Å². The highest BCUT2D eigenvalue weighted by Gasteiger charge is 2.13. The van der Waals surface area contributed by atoms with Gasteiger partial charge in [-0.2, -0.15) is 0 Å². The van der Waals surface area contributed by atoms with Crippen molar-refractivity contribution in [3.63, 3.8) is 0 Å². The van der Waals surface area contributed by atoms with E-state index >= 15 is 0 Å². The normalized spacial score (nSPS) is 13.0. The van der Waals surface area contributed by atoms with E-state index in [2.05, 4.69) is 28.4 Å². The second kappa shape index (κ2) is 20.9. The van der Waals surface area contributed by atoms with Crippen LogP contribution in [0.15, 0.2) is 60.8 Å². The van der Waals surface area contributed by atoms with E-state index in [0.29, 0.717) is 12.0 Å². The van der Waals surface area contributed by atoms with Crippen molar-refractivity contribution in [1.82, 2.24) is 5.32 Å². The second-order valence-electron chi connectivity index (χ2n) is 6.53. The average molecular weight is 458 g/mol. The van der Waals surface area contributed by atoms with Gasteiger partial charge in [0.2, 0.25) is 5.91 Å². The topological polar surface area (TPSA) is 95.9 Å². The van der Waals surface area contributed by atoms with Gasteiger partial charge in [-0.3, -0.25) is 4.79 Å². The summed E-state index contributed by atoms with van der Waals surface area (Å²) in [7, 11) is -4.47. The fourth-order valence-corrected chi connectivity index (χ4v) is 3.34. The van der Waals surface area contributed by atoms with Gasteiger partial charge in [-0.25, -0.2) is 8.54 Å². The minimum Gasteiger partial charge on any atom is -0.352 e. The molecule has 170 valence electrons. The highest BCUT2D eigenvalue weighted by atomic mass is 32.2. The maximum atomic E-state index is 11.5. The Hall–Kier alpha value is -1.37. The number of carbonyl (C=O) groups is 1. The standard InChI is InChI=1S/C22H36NO5PS/c1-2-3-4-5-6-7-8-9-10-11-12-13-14-15-16-17-18-19-22(24)23-20-21-30-28-29(25,26)27/h10-19H,2-9,20-21H2,1H3,(H,23,24)(H2,25,26,27). The third kappa shape index (κ3) is 24.7. The summed E-state index contributed by atoms with van der Waals surface area (Å²) in [5, 5.41) is 2.57. The molecule has 30 heavy (non-hydrogen) atoms. The van der Waals surface area contributed by atoms with Crippen molar-refractivity contribution < 1.29 is 23.1 Å². The van der Waals surface area contributed by atoms with Gasteiger partial charge >= 0.3 is 7.82 Å². The lowest BCUT2D eigenvalue weighted by Crippen LogP contribution is -2.23. The SMILES string of the molecule is CCCCCCCCCC=CC=CC=CC=CC=CC(=O)NCCSOP(=O)(O)O. The Morgan fingerprint density at radius 3 is 2.10 bits per heavy atom. The summed E-state index contributed by atoms with van der Waals surface area (Å²) < 4.78 is 14.6. The van der Waals surface area contributed by atoms with Crippen LogP contribution in [0.25, 0.3) is 0 Å². The van der Waals surface area contributed by atoms with Gasteiger partial charge in [0, 0.05) is 30.4 Å². The first-order valence-electron chi connectivity index (χ1n) is 10.4.